The van der Waals surface area contributed by atoms with Gasteiger partial charge in [0.25, 0.3) is 5.91 Å². The van der Waals surface area contributed by atoms with Gasteiger partial charge in [-0.05, 0) is 24.6 Å². The van der Waals surface area contributed by atoms with Crippen LogP contribution in [0.25, 0.3) is 5.65 Å². The topological polar surface area (TPSA) is 66.6 Å². The van der Waals surface area contributed by atoms with Crippen molar-refractivity contribution in [1.29, 1.82) is 0 Å². The smallest absolute Gasteiger partial charge is 0.272 e. The van der Waals surface area contributed by atoms with Gasteiger partial charge in [0.15, 0.2) is 0 Å². The Morgan fingerprint density at radius 2 is 1.88 bits per heavy atom. The van der Waals surface area contributed by atoms with Crippen LogP contribution in [0.5, 0.6) is 0 Å². The highest BCUT2D eigenvalue weighted by molar-refractivity contribution is 6.30. The van der Waals surface area contributed by atoms with E-state index >= 15 is 0 Å². The third kappa shape index (κ3) is 2.99. The number of aryl methyl sites for hydroxylation is 1. The summed E-state index contributed by atoms with van der Waals surface area (Å²) in [7, 11) is 0. The SMILES string of the molecule is CCc1nc2ccc(Cl)cn2c1C(=O)N1CCN(c2ncccn2)CC1. The van der Waals surface area contributed by atoms with E-state index in [1.165, 1.54) is 0 Å². The van der Waals surface area contributed by atoms with Crippen molar-refractivity contribution < 1.29 is 4.79 Å². The van der Waals surface area contributed by atoms with E-state index in [0.29, 0.717) is 49.3 Å². The highest BCUT2D eigenvalue weighted by Gasteiger charge is 2.27. The van der Waals surface area contributed by atoms with Crippen molar-refractivity contribution in [2.45, 2.75) is 13.3 Å². The number of rotatable bonds is 3. The van der Waals surface area contributed by atoms with Gasteiger partial charge in [-0.2, -0.15) is 0 Å². The molecule has 0 aromatic carbocycles. The zero-order valence-corrected chi connectivity index (χ0v) is 15.2. The van der Waals surface area contributed by atoms with Crippen molar-refractivity contribution in [2.75, 3.05) is 31.1 Å². The van der Waals surface area contributed by atoms with Crippen molar-refractivity contribution in [3.05, 3.63) is 53.2 Å². The number of carbonyl (C=O) groups excluding carboxylic acids is 1. The molecule has 8 heteroatoms. The number of hydrogen-bond donors (Lipinski definition) is 0. The normalized spacial score (nSPS) is 14.8. The molecule has 1 amide bonds. The lowest BCUT2D eigenvalue weighted by molar-refractivity contribution is 0.0738. The molecule has 134 valence electrons. The van der Waals surface area contributed by atoms with Crippen LogP contribution in [0.2, 0.25) is 5.02 Å². The molecule has 0 spiro atoms. The van der Waals surface area contributed by atoms with Crippen LogP contribution in [0.15, 0.2) is 36.8 Å². The minimum Gasteiger partial charge on any atom is -0.337 e. The summed E-state index contributed by atoms with van der Waals surface area (Å²) < 4.78 is 1.80. The third-order valence-corrected chi connectivity index (χ3v) is 4.82. The van der Waals surface area contributed by atoms with Gasteiger partial charge in [-0.25, -0.2) is 15.0 Å². The molecule has 3 aromatic heterocycles. The molecule has 1 aliphatic rings. The summed E-state index contributed by atoms with van der Waals surface area (Å²) in [4.78, 5) is 30.3. The van der Waals surface area contributed by atoms with Crippen LogP contribution in [0.1, 0.15) is 23.1 Å². The highest BCUT2D eigenvalue weighted by atomic mass is 35.5. The van der Waals surface area contributed by atoms with Crippen LogP contribution in [0, 0.1) is 0 Å². The van der Waals surface area contributed by atoms with Gasteiger partial charge in [0.2, 0.25) is 5.95 Å². The Balaban J connectivity index is 1.57. The lowest BCUT2D eigenvalue weighted by Gasteiger charge is -2.34. The highest BCUT2D eigenvalue weighted by Crippen LogP contribution is 2.20. The number of imidazole rings is 1. The quantitative estimate of drug-likeness (QED) is 0.707. The van der Waals surface area contributed by atoms with E-state index in [1.54, 1.807) is 35.1 Å². The molecule has 0 unspecified atom stereocenters. The number of piperazine rings is 1. The van der Waals surface area contributed by atoms with Crippen LogP contribution in [-0.4, -0.2) is 56.3 Å². The molecule has 0 saturated carbocycles. The molecule has 1 aliphatic heterocycles. The zero-order valence-electron chi connectivity index (χ0n) is 14.5. The summed E-state index contributed by atoms with van der Waals surface area (Å²) >= 11 is 6.13. The number of halogens is 1. The lowest BCUT2D eigenvalue weighted by atomic mass is 10.2. The summed E-state index contributed by atoms with van der Waals surface area (Å²) in [5.74, 6) is 0.695. The summed E-state index contributed by atoms with van der Waals surface area (Å²) in [5.41, 5.74) is 2.14. The molecular weight excluding hydrogens is 352 g/mol. The van der Waals surface area contributed by atoms with Gasteiger partial charge in [-0.15, -0.1) is 0 Å². The van der Waals surface area contributed by atoms with Crippen LogP contribution >= 0.6 is 11.6 Å². The summed E-state index contributed by atoms with van der Waals surface area (Å²) in [5, 5.41) is 0.581. The zero-order chi connectivity index (χ0) is 18.1. The van der Waals surface area contributed by atoms with Crippen molar-refractivity contribution in [3.8, 4) is 0 Å². The van der Waals surface area contributed by atoms with Gasteiger partial charge >= 0.3 is 0 Å². The van der Waals surface area contributed by atoms with Gasteiger partial charge in [-0.3, -0.25) is 9.20 Å². The molecule has 4 rings (SSSR count). The summed E-state index contributed by atoms with van der Waals surface area (Å²) in [6.45, 7) is 4.65. The van der Waals surface area contributed by atoms with E-state index in [1.807, 2.05) is 17.9 Å². The number of aromatic nitrogens is 4. The van der Waals surface area contributed by atoms with Gasteiger partial charge in [0.05, 0.1) is 10.7 Å². The second kappa shape index (κ2) is 6.92. The molecule has 0 N–H and O–H groups in total. The molecular formula is C18H19ClN6O. The first kappa shape index (κ1) is 16.8. The second-order valence-electron chi connectivity index (χ2n) is 6.16. The van der Waals surface area contributed by atoms with E-state index in [9.17, 15) is 4.79 Å². The van der Waals surface area contributed by atoms with Crippen molar-refractivity contribution >= 4 is 29.1 Å². The fraction of sp³-hybridized carbons (Fsp3) is 0.333. The monoisotopic (exact) mass is 370 g/mol. The summed E-state index contributed by atoms with van der Waals surface area (Å²) in [6.07, 6.45) is 5.91. The largest absolute Gasteiger partial charge is 0.337 e. The lowest BCUT2D eigenvalue weighted by Crippen LogP contribution is -2.49. The molecule has 7 nitrogen and oxygen atoms in total. The second-order valence-corrected chi connectivity index (χ2v) is 6.60. The van der Waals surface area contributed by atoms with E-state index < -0.39 is 0 Å². The standard InChI is InChI=1S/C18H19ClN6O/c1-2-14-16(25-12-13(19)4-5-15(25)22-14)17(26)23-8-10-24(11-9-23)18-20-6-3-7-21-18/h3-7,12H,2,8-11H2,1H3. The average Bonchev–Trinajstić information content (AvgIpc) is 3.06. The maximum atomic E-state index is 13.2. The molecule has 0 bridgehead atoms. The van der Waals surface area contributed by atoms with Crippen molar-refractivity contribution in [2.24, 2.45) is 0 Å². The van der Waals surface area contributed by atoms with Crippen molar-refractivity contribution in [3.63, 3.8) is 0 Å². The number of hydrogen-bond acceptors (Lipinski definition) is 5. The molecule has 4 heterocycles. The fourth-order valence-electron chi connectivity index (χ4n) is 3.25. The number of pyridine rings is 1. The predicted octanol–water partition coefficient (Wildman–Crippen LogP) is 2.30. The van der Waals surface area contributed by atoms with Crippen molar-refractivity contribution in [1.82, 2.24) is 24.3 Å². The Morgan fingerprint density at radius 1 is 1.15 bits per heavy atom. The van der Waals surface area contributed by atoms with E-state index in [0.717, 1.165) is 11.3 Å². The Morgan fingerprint density at radius 3 is 2.58 bits per heavy atom. The van der Waals surface area contributed by atoms with Gasteiger partial charge in [0, 0.05) is 44.8 Å². The van der Waals surface area contributed by atoms with Gasteiger partial charge < -0.3 is 9.80 Å². The third-order valence-electron chi connectivity index (χ3n) is 4.59. The number of fused-ring (bicyclic) bond motifs is 1. The predicted molar refractivity (Wildman–Crippen MR) is 99.7 cm³/mol. The molecule has 0 radical (unpaired) electrons. The summed E-state index contributed by atoms with van der Waals surface area (Å²) in [6, 6.07) is 5.42. The van der Waals surface area contributed by atoms with E-state index in [-0.39, 0.29) is 5.91 Å². The minimum atomic E-state index is -0.00903. The Labute approximate surface area is 156 Å². The number of amides is 1. The number of anilines is 1. The average molecular weight is 371 g/mol. The van der Waals surface area contributed by atoms with Crippen LogP contribution in [-0.2, 0) is 6.42 Å². The van der Waals surface area contributed by atoms with Gasteiger partial charge in [-0.1, -0.05) is 18.5 Å². The van der Waals surface area contributed by atoms with E-state index in [2.05, 4.69) is 19.9 Å². The number of nitrogens with zero attached hydrogens (tertiary/aromatic N) is 6. The maximum Gasteiger partial charge on any atom is 0.272 e. The Hall–Kier alpha value is -2.67. The molecule has 1 fully saturated rings. The minimum absolute atomic E-state index is 0.00903. The van der Waals surface area contributed by atoms with Gasteiger partial charge in [0.1, 0.15) is 11.3 Å². The first-order chi connectivity index (χ1) is 12.7. The number of carbonyl (C=O) groups is 1. The van der Waals surface area contributed by atoms with E-state index in [4.69, 9.17) is 11.6 Å². The molecule has 26 heavy (non-hydrogen) atoms. The molecule has 0 aliphatic carbocycles. The van der Waals surface area contributed by atoms with Crippen LogP contribution in [0.4, 0.5) is 5.95 Å². The molecule has 0 atom stereocenters. The van der Waals surface area contributed by atoms with Crippen LogP contribution in [0.3, 0.4) is 0 Å². The molecule has 3 aromatic rings. The van der Waals surface area contributed by atoms with Crippen LogP contribution < -0.4 is 4.90 Å². The Bertz CT molecular complexity index is 934. The molecule has 1 saturated heterocycles. The first-order valence-corrected chi connectivity index (χ1v) is 9.03. The fourth-order valence-corrected chi connectivity index (χ4v) is 3.41. The Kier molecular flexibility index (Phi) is 4.46. The first-order valence-electron chi connectivity index (χ1n) is 8.65. The maximum absolute atomic E-state index is 13.2.